The molecule has 6 aromatic rings. The molecule has 0 radical (unpaired) electrons. The van der Waals surface area contributed by atoms with E-state index < -0.39 is 5.97 Å². The van der Waals surface area contributed by atoms with Crippen molar-refractivity contribution in [2.45, 2.75) is 19.4 Å². The zero-order chi connectivity index (χ0) is 28.5. The molecule has 1 atom stereocenters. The second-order valence-corrected chi connectivity index (χ2v) is 10.0. The van der Waals surface area contributed by atoms with Gasteiger partial charge in [0.1, 0.15) is 17.3 Å². The van der Waals surface area contributed by atoms with Crippen LogP contribution in [-0.2, 0) is 6.54 Å². The summed E-state index contributed by atoms with van der Waals surface area (Å²) in [5.41, 5.74) is 4.69. The third-order valence-corrected chi connectivity index (χ3v) is 7.38. The van der Waals surface area contributed by atoms with Gasteiger partial charge in [-0.25, -0.2) is 14.2 Å². The highest BCUT2D eigenvalue weighted by Crippen LogP contribution is 2.30. The van der Waals surface area contributed by atoms with Gasteiger partial charge in [0.05, 0.1) is 17.3 Å². The number of nitrogens with one attached hydrogen (secondary N) is 1. The fourth-order valence-corrected chi connectivity index (χ4v) is 5.10. The summed E-state index contributed by atoms with van der Waals surface area (Å²) >= 11 is 0. The Morgan fingerprint density at radius 2 is 1.61 bits per heavy atom. The molecule has 0 fully saturated rings. The summed E-state index contributed by atoms with van der Waals surface area (Å²) in [7, 11) is 0. The van der Waals surface area contributed by atoms with Crippen molar-refractivity contribution in [3.05, 3.63) is 143 Å². The summed E-state index contributed by atoms with van der Waals surface area (Å²) in [6.45, 7) is 2.28. The number of carboxylic acid groups (broad SMARTS) is 1. The molecule has 7 heteroatoms. The van der Waals surface area contributed by atoms with Crippen molar-refractivity contribution in [1.29, 1.82) is 0 Å². The van der Waals surface area contributed by atoms with Crippen LogP contribution >= 0.6 is 0 Å². The molecule has 202 valence electrons. The maximum absolute atomic E-state index is 13.7. The summed E-state index contributed by atoms with van der Waals surface area (Å²) in [5, 5.41) is 14.4. The molecule has 0 spiro atoms. The molecule has 2 aromatic heterocycles. The Labute approximate surface area is 235 Å². The highest BCUT2D eigenvalue weighted by Gasteiger charge is 2.21. The topological polar surface area (TPSA) is 83.7 Å². The lowest BCUT2D eigenvalue weighted by Gasteiger charge is -2.16. The van der Waals surface area contributed by atoms with Crippen LogP contribution in [0.1, 0.15) is 50.6 Å². The fraction of sp³-hybridized carbons (Fsp3) is 0.0882. The minimum absolute atomic E-state index is 0.117. The third kappa shape index (κ3) is 5.17. The van der Waals surface area contributed by atoms with E-state index in [4.69, 9.17) is 10.1 Å². The average Bonchev–Trinajstić information content (AvgIpc) is 3.43. The van der Waals surface area contributed by atoms with Crippen molar-refractivity contribution in [3.8, 4) is 11.1 Å². The molecular formula is C34H26FN3O3. The van der Waals surface area contributed by atoms with Crippen molar-refractivity contribution in [2.24, 2.45) is 0 Å². The second kappa shape index (κ2) is 10.7. The van der Waals surface area contributed by atoms with Crippen molar-refractivity contribution >= 4 is 28.2 Å². The number of carbonyl (C=O) groups excluding carboxylic acids is 1. The fourth-order valence-electron chi connectivity index (χ4n) is 5.10. The van der Waals surface area contributed by atoms with Gasteiger partial charge >= 0.3 is 5.97 Å². The number of rotatable bonds is 7. The van der Waals surface area contributed by atoms with Gasteiger partial charge in [-0.05, 0) is 69.4 Å². The molecule has 4 aromatic carbocycles. The summed E-state index contributed by atoms with van der Waals surface area (Å²) in [6.07, 6.45) is 1.75. The third-order valence-electron chi connectivity index (χ3n) is 7.38. The minimum Gasteiger partial charge on any atom is -0.478 e. The Hall–Kier alpha value is -5.30. The van der Waals surface area contributed by atoms with E-state index in [0.29, 0.717) is 5.69 Å². The lowest BCUT2D eigenvalue weighted by molar-refractivity contribution is 0.0696. The zero-order valence-corrected chi connectivity index (χ0v) is 22.2. The first kappa shape index (κ1) is 26.0. The maximum atomic E-state index is 13.7. The van der Waals surface area contributed by atoms with Crippen molar-refractivity contribution < 1.29 is 19.1 Å². The Bertz CT molecular complexity index is 1910. The van der Waals surface area contributed by atoms with Crippen LogP contribution in [0.15, 0.2) is 109 Å². The summed E-state index contributed by atoms with van der Waals surface area (Å²) in [6, 6.07) is 30.8. The van der Waals surface area contributed by atoms with E-state index in [1.54, 1.807) is 36.5 Å². The quantitative estimate of drug-likeness (QED) is 0.226. The Morgan fingerprint density at radius 3 is 2.34 bits per heavy atom. The van der Waals surface area contributed by atoms with Gasteiger partial charge < -0.3 is 10.4 Å². The van der Waals surface area contributed by atoms with Gasteiger partial charge in [0.2, 0.25) is 0 Å². The standard InChI is InChI=1S/C34H26FN3O3/c1-21(26-11-10-23-4-2-3-5-27(23)16-26)32-36-20-30-17-28(24-12-14-29(35)15-13-24)18-31(38(30)32)33(39)37-19-22-6-8-25(9-7-22)34(40)41/h2-18,20-21H,19H2,1H3,(H,37,39)(H,40,41)/t21-/m0/s1. The summed E-state index contributed by atoms with van der Waals surface area (Å²) in [4.78, 5) is 29.7. The minimum atomic E-state index is -1.01. The molecule has 0 saturated carbocycles. The number of pyridine rings is 1. The number of carboxylic acids is 1. The van der Waals surface area contributed by atoms with Gasteiger partial charge in [-0.15, -0.1) is 0 Å². The molecule has 0 aliphatic rings. The van der Waals surface area contributed by atoms with Gasteiger partial charge in [0.15, 0.2) is 0 Å². The lowest BCUT2D eigenvalue weighted by atomic mass is 9.97. The van der Waals surface area contributed by atoms with Crippen LogP contribution in [0, 0.1) is 5.82 Å². The first-order chi connectivity index (χ1) is 19.9. The Morgan fingerprint density at radius 1 is 0.878 bits per heavy atom. The van der Waals surface area contributed by atoms with E-state index in [0.717, 1.165) is 44.4 Å². The number of aromatic nitrogens is 2. The number of benzene rings is 4. The van der Waals surface area contributed by atoms with Gasteiger partial charge in [0.25, 0.3) is 5.91 Å². The van der Waals surface area contributed by atoms with Gasteiger partial charge in [-0.3, -0.25) is 9.20 Å². The first-order valence-electron chi connectivity index (χ1n) is 13.2. The summed E-state index contributed by atoms with van der Waals surface area (Å²) in [5.74, 6) is -1.05. The van der Waals surface area contributed by atoms with E-state index in [9.17, 15) is 14.0 Å². The molecule has 1 amide bonds. The highest BCUT2D eigenvalue weighted by atomic mass is 19.1. The molecular weight excluding hydrogens is 517 g/mol. The van der Waals surface area contributed by atoms with Crippen LogP contribution < -0.4 is 5.32 Å². The van der Waals surface area contributed by atoms with Gasteiger partial charge in [-0.1, -0.05) is 73.7 Å². The molecule has 0 saturated heterocycles. The van der Waals surface area contributed by atoms with E-state index >= 15 is 0 Å². The predicted molar refractivity (Wildman–Crippen MR) is 157 cm³/mol. The molecule has 2 heterocycles. The maximum Gasteiger partial charge on any atom is 0.335 e. The normalized spacial score (nSPS) is 12.0. The van der Waals surface area contributed by atoms with Crippen molar-refractivity contribution in [3.63, 3.8) is 0 Å². The van der Waals surface area contributed by atoms with E-state index in [1.165, 1.54) is 24.3 Å². The molecule has 0 unspecified atom stereocenters. The van der Waals surface area contributed by atoms with E-state index in [1.807, 2.05) is 22.6 Å². The number of imidazole rings is 1. The number of aromatic carboxylic acids is 1. The SMILES string of the molecule is C[C@@H](c1ccc2ccccc2c1)c1ncc2cc(-c3ccc(F)cc3)cc(C(=O)NCc3ccc(C(=O)O)cc3)n12. The lowest BCUT2D eigenvalue weighted by Crippen LogP contribution is -2.26. The second-order valence-electron chi connectivity index (χ2n) is 10.0. The van der Waals surface area contributed by atoms with Crippen LogP contribution in [0.4, 0.5) is 4.39 Å². The molecule has 0 bridgehead atoms. The van der Waals surface area contributed by atoms with Crippen molar-refractivity contribution in [2.75, 3.05) is 0 Å². The molecule has 6 rings (SSSR count). The number of hydrogen-bond acceptors (Lipinski definition) is 3. The monoisotopic (exact) mass is 543 g/mol. The molecule has 0 aliphatic heterocycles. The van der Waals surface area contributed by atoms with Gasteiger partial charge in [0, 0.05) is 12.5 Å². The zero-order valence-electron chi connectivity index (χ0n) is 22.2. The largest absolute Gasteiger partial charge is 0.478 e. The van der Waals surface area contributed by atoms with Crippen LogP contribution in [-0.4, -0.2) is 26.4 Å². The van der Waals surface area contributed by atoms with Crippen molar-refractivity contribution in [1.82, 2.24) is 14.7 Å². The molecule has 6 nitrogen and oxygen atoms in total. The molecule has 0 aliphatic carbocycles. The summed E-state index contributed by atoms with van der Waals surface area (Å²) < 4.78 is 15.5. The van der Waals surface area contributed by atoms with Crippen LogP contribution in [0.2, 0.25) is 0 Å². The number of carbonyl (C=O) groups is 2. The number of halogens is 1. The van der Waals surface area contributed by atoms with Gasteiger partial charge in [-0.2, -0.15) is 0 Å². The van der Waals surface area contributed by atoms with Crippen LogP contribution in [0.3, 0.4) is 0 Å². The first-order valence-corrected chi connectivity index (χ1v) is 13.2. The number of fused-ring (bicyclic) bond motifs is 2. The smallest absolute Gasteiger partial charge is 0.335 e. The Balaban J connectivity index is 1.40. The highest BCUT2D eigenvalue weighted by molar-refractivity contribution is 5.95. The van der Waals surface area contributed by atoms with Crippen LogP contribution in [0.5, 0.6) is 0 Å². The average molecular weight is 544 g/mol. The van der Waals surface area contributed by atoms with E-state index in [2.05, 4.69) is 42.6 Å². The van der Waals surface area contributed by atoms with Crippen LogP contribution in [0.25, 0.3) is 27.4 Å². The number of nitrogens with zero attached hydrogens (tertiary/aromatic N) is 2. The molecule has 2 N–H and O–H groups in total. The predicted octanol–water partition coefficient (Wildman–Crippen LogP) is 7.07. The van der Waals surface area contributed by atoms with E-state index in [-0.39, 0.29) is 29.8 Å². The molecule has 41 heavy (non-hydrogen) atoms. The number of amides is 1. The Kier molecular flexibility index (Phi) is 6.77. The number of hydrogen-bond donors (Lipinski definition) is 2.